The zero-order chi connectivity index (χ0) is 20.6. The summed E-state index contributed by atoms with van der Waals surface area (Å²) in [7, 11) is 1.39. The number of nitriles is 1. The molecule has 1 aromatic heterocycles. The topological polar surface area (TPSA) is 96.3 Å². The molecule has 2 N–H and O–H groups in total. The fraction of sp³-hybridized carbons (Fsp3) is 0.381. The van der Waals surface area contributed by atoms with E-state index in [4.69, 9.17) is 14.7 Å². The molecule has 1 aromatic carbocycles. The Kier molecular flexibility index (Phi) is 6.85. The molecule has 0 unspecified atom stereocenters. The first-order valence-corrected chi connectivity index (χ1v) is 9.48. The molecular weight excluding hydrogens is 375 g/mol. The van der Waals surface area contributed by atoms with Gasteiger partial charge < -0.3 is 20.1 Å². The van der Waals surface area contributed by atoms with Crippen LogP contribution in [0.4, 0.5) is 15.0 Å². The molecule has 2 aromatic rings. The van der Waals surface area contributed by atoms with Crippen LogP contribution in [0.25, 0.3) is 0 Å². The summed E-state index contributed by atoms with van der Waals surface area (Å²) in [4.78, 5) is 16.0. The van der Waals surface area contributed by atoms with E-state index in [2.05, 4.69) is 15.6 Å². The number of ether oxygens (including phenoxy) is 2. The van der Waals surface area contributed by atoms with Gasteiger partial charge in [0.25, 0.3) is 0 Å². The summed E-state index contributed by atoms with van der Waals surface area (Å²) in [5.74, 6) is -0.449. The predicted octanol–water partition coefficient (Wildman–Crippen LogP) is 3.75. The number of aromatic nitrogens is 1. The number of hydrogen-bond acceptors (Lipinski definition) is 6. The van der Waals surface area contributed by atoms with Gasteiger partial charge in [-0.3, -0.25) is 0 Å². The standard InChI is InChI=1S/C21H23FN4O3/c1-28-20-15(12-23)11-18(22)19(26-20)25-16-7-9-17(10-8-16)29-21(27)24-13-14-5-3-2-4-6-14/h2-6,11,16-17H,7-10,13H2,1H3,(H,24,27)(H,25,26). The van der Waals surface area contributed by atoms with E-state index in [1.165, 1.54) is 7.11 Å². The molecule has 0 bridgehead atoms. The van der Waals surface area contributed by atoms with Crippen molar-refractivity contribution in [1.82, 2.24) is 10.3 Å². The number of methoxy groups -OCH3 is 1. The Hall–Kier alpha value is -3.34. The largest absolute Gasteiger partial charge is 0.480 e. The van der Waals surface area contributed by atoms with E-state index in [-0.39, 0.29) is 29.4 Å². The van der Waals surface area contributed by atoms with Crippen LogP contribution in [-0.2, 0) is 11.3 Å². The second-order valence-electron chi connectivity index (χ2n) is 6.85. The van der Waals surface area contributed by atoms with E-state index in [0.29, 0.717) is 32.2 Å². The lowest BCUT2D eigenvalue weighted by Crippen LogP contribution is -2.34. The summed E-state index contributed by atoms with van der Waals surface area (Å²) < 4.78 is 24.7. The van der Waals surface area contributed by atoms with Crippen LogP contribution >= 0.6 is 0 Å². The van der Waals surface area contributed by atoms with Crippen molar-refractivity contribution >= 4 is 11.9 Å². The minimum absolute atomic E-state index is 0.00173. The summed E-state index contributed by atoms with van der Waals surface area (Å²) in [5.41, 5.74) is 1.05. The van der Waals surface area contributed by atoms with Crippen LogP contribution in [0.3, 0.4) is 0 Å². The van der Waals surface area contributed by atoms with Crippen molar-refractivity contribution in [3.8, 4) is 11.9 Å². The van der Waals surface area contributed by atoms with Crippen molar-refractivity contribution in [2.45, 2.75) is 44.4 Å². The molecule has 0 spiro atoms. The predicted molar refractivity (Wildman–Crippen MR) is 105 cm³/mol. The average Bonchev–Trinajstić information content (AvgIpc) is 2.75. The molecule has 0 atom stereocenters. The van der Waals surface area contributed by atoms with Crippen molar-refractivity contribution in [2.75, 3.05) is 12.4 Å². The van der Waals surface area contributed by atoms with Crippen molar-refractivity contribution in [3.63, 3.8) is 0 Å². The van der Waals surface area contributed by atoms with Gasteiger partial charge in [0.15, 0.2) is 11.6 Å². The minimum Gasteiger partial charge on any atom is -0.480 e. The molecule has 29 heavy (non-hydrogen) atoms. The third kappa shape index (κ3) is 5.57. The lowest BCUT2D eigenvalue weighted by molar-refractivity contribution is 0.0728. The zero-order valence-electron chi connectivity index (χ0n) is 16.2. The molecule has 1 aliphatic rings. The van der Waals surface area contributed by atoms with Gasteiger partial charge in [-0.05, 0) is 31.2 Å². The molecule has 0 aliphatic heterocycles. The van der Waals surface area contributed by atoms with Crippen molar-refractivity contribution in [3.05, 3.63) is 53.3 Å². The van der Waals surface area contributed by atoms with E-state index in [9.17, 15) is 9.18 Å². The van der Waals surface area contributed by atoms with Crippen molar-refractivity contribution in [1.29, 1.82) is 5.26 Å². The van der Waals surface area contributed by atoms with Gasteiger partial charge in [0, 0.05) is 18.7 Å². The van der Waals surface area contributed by atoms with Gasteiger partial charge in [-0.15, -0.1) is 0 Å². The normalized spacial score (nSPS) is 18.4. The van der Waals surface area contributed by atoms with Gasteiger partial charge in [-0.2, -0.15) is 10.2 Å². The van der Waals surface area contributed by atoms with Gasteiger partial charge in [-0.25, -0.2) is 9.18 Å². The highest BCUT2D eigenvalue weighted by Gasteiger charge is 2.25. The highest BCUT2D eigenvalue weighted by molar-refractivity contribution is 5.67. The minimum atomic E-state index is -0.596. The Morgan fingerprint density at radius 3 is 2.66 bits per heavy atom. The van der Waals surface area contributed by atoms with E-state index in [0.717, 1.165) is 11.6 Å². The van der Waals surface area contributed by atoms with Gasteiger partial charge in [0.1, 0.15) is 17.7 Å². The maximum absolute atomic E-state index is 14.2. The molecular formula is C21H23FN4O3. The SMILES string of the molecule is COc1nc(NC2CCC(OC(=O)NCc3ccccc3)CC2)c(F)cc1C#N. The van der Waals surface area contributed by atoms with Gasteiger partial charge >= 0.3 is 6.09 Å². The van der Waals surface area contributed by atoms with Gasteiger partial charge in [-0.1, -0.05) is 30.3 Å². The highest BCUT2D eigenvalue weighted by Crippen LogP contribution is 2.27. The summed E-state index contributed by atoms with van der Waals surface area (Å²) in [5, 5.41) is 14.8. The first kappa shape index (κ1) is 20.4. The Morgan fingerprint density at radius 1 is 1.28 bits per heavy atom. The first-order valence-electron chi connectivity index (χ1n) is 9.48. The Bertz CT molecular complexity index is 877. The van der Waals surface area contributed by atoms with E-state index < -0.39 is 11.9 Å². The number of halogens is 1. The van der Waals surface area contributed by atoms with Crippen molar-refractivity contribution in [2.24, 2.45) is 0 Å². The number of rotatable bonds is 6. The highest BCUT2D eigenvalue weighted by atomic mass is 19.1. The van der Waals surface area contributed by atoms with Crippen LogP contribution in [0.2, 0.25) is 0 Å². The van der Waals surface area contributed by atoms with E-state index in [1.807, 2.05) is 36.4 Å². The monoisotopic (exact) mass is 398 g/mol. The zero-order valence-corrected chi connectivity index (χ0v) is 16.2. The quantitative estimate of drug-likeness (QED) is 0.769. The van der Waals surface area contributed by atoms with Crippen molar-refractivity contribution < 1.29 is 18.7 Å². The number of pyridine rings is 1. The number of benzene rings is 1. The van der Waals surface area contributed by atoms with Crippen LogP contribution in [-0.4, -0.2) is 30.3 Å². The third-order valence-corrected chi connectivity index (χ3v) is 4.82. The number of carbonyl (C=O) groups is 1. The fourth-order valence-electron chi connectivity index (χ4n) is 3.29. The molecule has 8 heteroatoms. The molecule has 7 nitrogen and oxygen atoms in total. The summed E-state index contributed by atoms with van der Waals surface area (Å²) >= 11 is 0. The number of hydrogen-bond donors (Lipinski definition) is 2. The second kappa shape index (κ2) is 9.73. The lowest BCUT2D eigenvalue weighted by Gasteiger charge is -2.29. The third-order valence-electron chi connectivity index (χ3n) is 4.82. The number of anilines is 1. The summed E-state index contributed by atoms with van der Waals surface area (Å²) in [6.07, 6.45) is 2.16. The van der Waals surface area contributed by atoms with E-state index in [1.54, 1.807) is 0 Å². The second-order valence-corrected chi connectivity index (χ2v) is 6.85. The number of nitrogens with one attached hydrogen (secondary N) is 2. The number of carbonyl (C=O) groups excluding carboxylic acids is 1. The number of alkyl carbamates (subject to hydrolysis) is 1. The van der Waals surface area contributed by atoms with Gasteiger partial charge in [0.05, 0.1) is 7.11 Å². The number of amides is 1. The van der Waals surface area contributed by atoms with E-state index >= 15 is 0 Å². The summed E-state index contributed by atoms with van der Waals surface area (Å²) in [6.45, 7) is 0.419. The number of nitrogens with zero attached hydrogens (tertiary/aromatic N) is 2. The van der Waals surface area contributed by atoms with Crippen LogP contribution < -0.4 is 15.4 Å². The molecule has 0 saturated heterocycles. The molecule has 3 rings (SSSR count). The Labute approximate surface area is 168 Å². The maximum atomic E-state index is 14.2. The molecule has 152 valence electrons. The fourth-order valence-corrected chi connectivity index (χ4v) is 3.29. The summed E-state index contributed by atoms with van der Waals surface area (Å²) in [6, 6.07) is 12.6. The van der Waals surface area contributed by atoms with Crippen LogP contribution in [0.1, 0.15) is 36.8 Å². The molecule has 1 fully saturated rings. The Balaban J connectivity index is 1.46. The molecule has 1 saturated carbocycles. The van der Waals surface area contributed by atoms with Crippen LogP contribution in [0.5, 0.6) is 5.88 Å². The van der Waals surface area contributed by atoms with Crippen LogP contribution in [0, 0.1) is 17.1 Å². The van der Waals surface area contributed by atoms with Crippen LogP contribution in [0.15, 0.2) is 36.4 Å². The first-order chi connectivity index (χ1) is 14.1. The maximum Gasteiger partial charge on any atom is 0.407 e. The molecule has 0 radical (unpaired) electrons. The smallest absolute Gasteiger partial charge is 0.407 e. The van der Waals surface area contributed by atoms with Gasteiger partial charge in [0.2, 0.25) is 5.88 Å². The Morgan fingerprint density at radius 2 is 2.00 bits per heavy atom. The average molecular weight is 398 g/mol. The lowest BCUT2D eigenvalue weighted by atomic mass is 9.93. The molecule has 1 amide bonds. The molecule has 1 aliphatic carbocycles. The molecule has 1 heterocycles.